The normalized spacial score (nSPS) is 15.3. The second-order valence-electron chi connectivity index (χ2n) is 4.77. The molecule has 0 aliphatic heterocycles. The molecule has 15 heavy (non-hydrogen) atoms. The van der Waals surface area contributed by atoms with Crippen LogP contribution in [0.4, 0.5) is 0 Å². The Morgan fingerprint density at radius 3 is 2.20 bits per heavy atom. The lowest BCUT2D eigenvalue weighted by Crippen LogP contribution is -2.45. The predicted octanol–water partition coefficient (Wildman–Crippen LogP) is 1.16. The van der Waals surface area contributed by atoms with Gasteiger partial charge in [0.1, 0.15) is 5.41 Å². The average Bonchev–Trinajstić information content (AvgIpc) is 2.12. The third kappa shape index (κ3) is 3.88. The Hall–Kier alpha value is -1.08. The van der Waals surface area contributed by atoms with Crippen LogP contribution in [0, 0.1) is 16.7 Å². The first-order valence-electron chi connectivity index (χ1n) is 5.05. The Morgan fingerprint density at radius 1 is 1.47 bits per heavy atom. The first-order chi connectivity index (χ1) is 6.66. The van der Waals surface area contributed by atoms with Crippen LogP contribution in [0.3, 0.4) is 0 Å². The quantitative estimate of drug-likeness (QED) is 0.760. The molecule has 4 heteroatoms. The number of carbonyl (C=O) groups is 1. The van der Waals surface area contributed by atoms with Crippen LogP contribution >= 0.6 is 0 Å². The van der Waals surface area contributed by atoms with Crippen molar-refractivity contribution in [3.8, 4) is 6.07 Å². The maximum atomic E-state index is 11.9. The van der Waals surface area contributed by atoms with Gasteiger partial charge < -0.3 is 10.0 Å². The highest BCUT2D eigenvalue weighted by Crippen LogP contribution is 2.23. The minimum absolute atomic E-state index is 0.225. The Morgan fingerprint density at radius 2 is 1.93 bits per heavy atom. The van der Waals surface area contributed by atoms with Gasteiger partial charge in [-0.1, -0.05) is 6.92 Å². The number of rotatable bonds is 4. The van der Waals surface area contributed by atoms with E-state index < -0.39 is 11.0 Å². The van der Waals surface area contributed by atoms with Gasteiger partial charge in [0.25, 0.3) is 0 Å². The van der Waals surface area contributed by atoms with Crippen molar-refractivity contribution in [3.63, 3.8) is 0 Å². The highest BCUT2D eigenvalue weighted by Gasteiger charge is 2.35. The maximum Gasteiger partial charge on any atom is 0.242 e. The van der Waals surface area contributed by atoms with E-state index in [1.807, 2.05) is 6.07 Å². The molecule has 4 nitrogen and oxygen atoms in total. The molecule has 0 radical (unpaired) electrons. The zero-order valence-electron chi connectivity index (χ0n) is 10.2. The molecule has 1 unspecified atom stereocenters. The Balaban J connectivity index is 4.67. The topological polar surface area (TPSA) is 64.3 Å². The van der Waals surface area contributed by atoms with Crippen molar-refractivity contribution in [1.82, 2.24) is 4.90 Å². The molecule has 0 aromatic carbocycles. The lowest BCUT2D eigenvalue weighted by atomic mass is 9.87. The first kappa shape index (κ1) is 13.9. The number of likely N-dealkylation sites (N-methyl/N-ethyl adjacent to an activating group) is 1. The van der Waals surface area contributed by atoms with Gasteiger partial charge in [0.2, 0.25) is 5.91 Å². The number of carbonyl (C=O) groups excluding carboxylic acids is 1. The van der Waals surface area contributed by atoms with Crippen molar-refractivity contribution in [2.75, 3.05) is 13.6 Å². The van der Waals surface area contributed by atoms with Crippen LogP contribution in [0.15, 0.2) is 0 Å². The van der Waals surface area contributed by atoms with Crippen LogP contribution in [0.1, 0.15) is 34.1 Å². The van der Waals surface area contributed by atoms with Gasteiger partial charge in [0.05, 0.1) is 11.7 Å². The molecule has 0 bridgehead atoms. The highest BCUT2D eigenvalue weighted by atomic mass is 16.3. The van der Waals surface area contributed by atoms with E-state index in [1.54, 1.807) is 34.7 Å². The van der Waals surface area contributed by atoms with E-state index in [1.165, 1.54) is 4.90 Å². The molecule has 0 heterocycles. The molecule has 0 aliphatic carbocycles. The van der Waals surface area contributed by atoms with Crippen LogP contribution < -0.4 is 0 Å². The molecule has 0 rings (SSSR count). The maximum absolute atomic E-state index is 11.9. The number of nitrogens with zero attached hydrogens (tertiary/aromatic N) is 2. The first-order valence-corrected chi connectivity index (χ1v) is 5.05. The van der Waals surface area contributed by atoms with Gasteiger partial charge in [-0.2, -0.15) is 5.26 Å². The van der Waals surface area contributed by atoms with Gasteiger partial charge in [-0.25, -0.2) is 0 Å². The van der Waals surface area contributed by atoms with Crippen molar-refractivity contribution < 1.29 is 9.90 Å². The standard InChI is InChI=1S/C11H20N2O2/c1-6-11(4,7-12)9(14)13(5)8-10(2,3)15/h15H,6,8H2,1-5H3. The highest BCUT2D eigenvalue weighted by molar-refractivity contribution is 5.84. The van der Waals surface area contributed by atoms with E-state index in [2.05, 4.69) is 0 Å². The van der Waals surface area contributed by atoms with E-state index >= 15 is 0 Å². The SMILES string of the molecule is CCC(C)(C#N)C(=O)N(C)CC(C)(C)O. The van der Waals surface area contributed by atoms with Crippen molar-refractivity contribution in [1.29, 1.82) is 5.26 Å². The zero-order valence-corrected chi connectivity index (χ0v) is 10.2. The van der Waals surface area contributed by atoms with Gasteiger partial charge in [0.15, 0.2) is 0 Å². The summed E-state index contributed by atoms with van der Waals surface area (Å²) < 4.78 is 0. The summed E-state index contributed by atoms with van der Waals surface area (Å²) in [5.41, 5.74) is -1.92. The Labute approximate surface area is 91.5 Å². The molecule has 0 aliphatic rings. The van der Waals surface area contributed by atoms with Crippen molar-refractivity contribution in [2.24, 2.45) is 5.41 Å². The molecule has 0 spiro atoms. The average molecular weight is 212 g/mol. The summed E-state index contributed by atoms with van der Waals surface area (Å²) in [5, 5.41) is 18.5. The van der Waals surface area contributed by atoms with E-state index in [4.69, 9.17) is 5.26 Å². The summed E-state index contributed by atoms with van der Waals surface area (Å²) >= 11 is 0. The fraction of sp³-hybridized carbons (Fsp3) is 0.818. The van der Waals surface area contributed by atoms with E-state index in [0.29, 0.717) is 6.42 Å². The molecular formula is C11H20N2O2. The van der Waals surface area contributed by atoms with Crippen LogP contribution in [0.25, 0.3) is 0 Å². The molecule has 0 aromatic heterocycles. The van der Waals surface area contributed by atoms with E-state index in [-0.39, 0.29) is 12.5 Å². The van der Waals surface area contributed by atoms with Crippen LogP contribution in [-0.4, -0.2) is 35.1 Å². The molecule has 0 saturated heterocycles. The van der Waals surface area contributed by atoms with Gasteiger partial charge >= 0.3 is 0 Å². The summed E-state index contributed by atoms with van der Waals surface area (Å²) in [6.45, 7) is 6.91. The van der Waals surface area contributed by atoms with Crippen molar-refractivity contribution >= 4 is 5.91 Å². The molecule has 1 amide bonds. The third-order valence-corrected chi connectivity index (χ3v) is 2.40. The lowest BCUT2D eigenvalue weighted by molar-refractivity contribution is -0.139. The van der Waals surface area contributed by atoms with Crippen LogP contribution in [0.2, 0.25) is 0 Å². The molecule has 86 valence electrons. The second-order valence-corrected chi connectivity index (χ2v) is 4.77. The molecule has 1 atom stereocenters. The smallest absolute Gasteiger partial charge is 0.242 e. The van der Waals surface area contributed by atoms with E-state index in [0.717, 1.165) is 0 Å². The van der Waals surface area contributed by atoms with Gasteiger partial charge in [-0.3, -0.25) is 4.79 Å². The summed E-state index contributed by atoms with van der Waals surface area (Å²) in [6.07, 6.45) is 0.471. The summed E-state index contributed by atoms with van der Waals surface area (Å²) in [6, 6.07) is 2.02. The molecule has 0 fully saturated rings. The monoisotopic (exact) mass is 212 g/mol. The van der Waals surface area contributed by atoms with Crippen LogP contribution in [-0.2, 0) is 4.79 Å². The van der Waals surface area contributed by atoms with E-state index in [9.17, 15) is 9.90 Å². The van der Waals surface area contributed by atoms with Crippen molar-refractivity contribution in [2.45, 2.75) is 39.7 Å². The number of aliphatic hydroxyl groups is 1. The molecule has 0 saturated carbocycles. The lowest BCUT2D eigenvalue weighted by Gasteiger charge is -2.30. The minimum Gasteiger partial charge on any atom is -0.389 e. The number of amides is 1. The predicted molar refractivity (Wildman–Crippen MR) is 57.9 cm³/mol. The largest absolute Gasteiger partial charge is 0.389 e. The number of hydrogen-bond donors (Lipinski definition) is 1. The summed E-state index contributed by atoms with van der Waals surface area (Å²) in [7, 11) is 1.60. The number of hydrogen-bond acceptors (Lipinski definition) is 3. The van der Waals surface area contributed by atoms with Gasteiger partial charge in [0, 0.05) is 13.6 Å². The Bertz CT molecular complexity index is 275. The Kier molecular flexibility index (Phi) is 4.29. The molecular weight excluding hydrogens is 192 g/mol. The molecule has 1 N–H and O–H groups in total. The third-order valence-electron chi connectivity index (χ3n) is 2.40. The van der Waals surface area contributed by atoms with Crippen molar-refractivity contribution in [3.05, 3.63) is 0 Å². The van der Waals surface area contributed by atoms with Gasteiger partial charge in [-0.05, 0) is 27.2 Å². The minimum atomic E-state index is -0.986. The summed E-state index contributed by atoms with van der Waals surface area (Å²) in [5.74, 6) is -0.241. The van der Waals surface area contributed by atoms with Gasteiger partial charge in [-0.15, -0.1) is 0 Å². The second kappa shape index (κ2) is 4.63. The summed E-state index contributed by atoms with van der Waals surface area (Å²) in [4.78, 5) is 13.3. The number of nitriles is 1. The zero-order chi connectivity index (χ0) is 12.3. The molecule has 0 aromatic rings. The fourth-order valence-electron chi connectivity index (χ4n) is 1.35. The fourth-order valence-corrected chi connectivity index (χ4v) is 1.35. The van der Waals surface area contributed by atoms with Crippen LogP contribution in [0.5, 0.6) is 0 Å².